The van der Waals surface area contributed by atoms with E-state index in [1.807, 2.05) is 6.07 Å². The third kappa shape index (κ3) is 7.39. The highest BCUT2D eigenvalue weighted by Gasteiger charge is 2.27. The average Bonchev–Trinajstić information content (AvgIpc) is 2.40. The van der Waals surface area contributed by atoms with Crippen molar-refractivity contribution < 1.29 is 23.8 Å². The zero-order valence-electron chi connectivity index (χ0n) is 11.5. The Morgan fingerprint density at radius 2 is 2.00 bits per heavy atom. The fraction of sp³-hybridized carbons (Fsp3) is 0.750. The molecule has 0 aliphatic carbocycles. The van der Waals surface area contributed by atoms with Crippen LogP contribution in [0.3, 0.4) is 0 Å². The van der Waals surface area contributed by atoms with E-state index in [2.05, 4.69) is 10.1 Å². The maximum absolute atomic E-state index is 11.6. The number of carbonyl (C=O) groups excluding carboxylic acids is 2. The summed E-state index contributed by atoms with van der Waals surface area (Å²) >= 11 is 0. The Morgan fingerprint density at radius 1 is 1.32 bits per heavy atom. The molecule has 0 aliphatic heterocycles. The standard InChI is InChI=1S/C12H20N2O5/c1-9(4-5-13)11(12(16)18-3)14-10(15)8-19-7-6-17-2/h9,11H,4,6-8H2,1-3H3,(H,14,15)/t9-,11-/m1/s1. The van der Waals surface area contributed by atoms with E-state index in [-0.39, 0.29) is 18.9 Å². The van der Waals surface area contributed by atoms with Gasteiger partial charge in [-0.15, -0.1) is 0 Å². The monoisotopic (exact) mass is 272 g/mol. The van der Waals surface area contributed by atoms with Crippen molar-refractivity contribution in [3.05, 3.63) is 0 Å². The molecule has 0 rings (SSSR count). The van der Waals surface area contributed by atoms with Gasteiger partial charge in [-0.3, -0.25) is 4.79 Å². The van der Waals surface area contributed by atoms with Crippen LogP contribution in [-0.4, -0.2) is 52.0 Å². The van der Waals surface area contributed by atoms with Crippen molar-refractivity contribution in [1.82, 2.24) is 5.32 Å². The number of nitriles is 1. The van der Waals surface area contributed by atoms with Crippen LogP contribution in [0, 0.1) is 17.2 Å². The lowest BCUT2D eigenvalue weighted by atomic mass is 9.99. The SMILES string of the molecule is COCCOCC(=O)N[C@@H](C(=O)OC)[C@H](C)CC#N. The van der Waals surface area contributed by atoms with E-state index in [1.165, 1.54) is 14.2 Å². The van der Waals surface area contributed by atoms with Gasteiger partial charge < -0.3 is 19.5 Å². The zero-order valence-corrected chi connectivity index (χ0v) is 11.5. The molecule has 0 aromatic carbocycles. The topological polar surface area (TPSA) is 97.7 Å². The number of esters is 1. The largest absolute Gasteiger partial charge is 0.467 e. The first-order valence-electron chi connectivity index (χ1n) is 5.87. The molecule has 0 spiro atoms. The molecule has 7 nitrogen and oxygen atoms in total. The smallest absolute Gasteiger partial charge is 0.328 e. The molecule has 0 fully saturated rings. The fourth-order valence-corrected chi connectivity index (χ4v) is 1.34. The fourth-order valence-electron chi connectivity index (χ4n) is 1.34. The van der Waals surface area contributed by atoms with E-state index in [0.717, 1.165) is 0 Å². The molecule has 0 bridgehead atoms. The lowest BCUT2D eigenvalue weighted by Gasteiger charge is -2.20. The summed E-state index contributed by atoms with van der Waals surface area (Å²) < 4.78 is 14.4. The number of nitrogens with one attached hydrogen (secondary N) is 1. The first-order chi connectivity index (χ1) is 9.06. The molecule has 0 unspecified atom stereocenters. The second kappa shape index (κ2) is 10.3. The van der Waals surface area contributed by atoms with Gasteiger partial charge in [-0.2, -0.15) is 5.26 Å². The number of hydrogen-bond donors (Lipinski definition) is 1. The number of ether oxygens (including phenoxy) is 3. The number of nitrogens with zero attached hydrogens (tertiary/aromatic N) is 1. The summed E-state index contributed by atoms with van der Waals surface area (Å²) in [5.41, 5.74) is 0. The van der Waals surface area contributed by atoms with E-state index < -0.39 is 17.9 Å². The first-order valence-corrected chi connectivity index (χ1v) is 5.87. The van der Waals surface area contributed by atoms with Crippen LogP contribution in [0.2, 0.25) is 0 Å². The summed E-state index contributed by atoms with van der Waals surface area (Å²) in [7, 11) is 2.76. The quantitative estimate of drug-likeness (QED) is 0.463. The first kappa shape index (κ1) is 17.4. The molecule has 0 aliphatic rings. The predicted octanol–water partition coefficient (Wildman–Crippen LogP) is -0.143. The van der Waals surface area contributed by atoms with Crippen LogP contribution in [0.1, 0.15) is 13.3 Å². The normalized spacial score (nSPS) is 13.2. The van der Waals surface area contributed by atoms with Gasteiger partial charge in [0, 0.05) is 19.4 Å². The van der Waals surface area contributed by atoms with Crippen molar-refractivity contribution >= 4 is 11.9 Å². The van der Waals surface area contributed by atoms with E-state index in [1.54, 1.807) is 6.92 Å². The van der Waals surface area contributed by atoms with E-state index in [0.29, 0.717) is 13.2 Å². The molecule has 19 heavy (non-hydrogen) atoms. The Hall–Kier alpha value is -1.65. The van der Waals surface area contributed by atoms with Crippen molar-refractivity contribution in [3.8, 4) is 6.07 Å². The maximum atomic E-state index is 11.6. The number of carbonyl (C=O) groups is 2. The van der Waals surface area contributed by atoms with E-state index >= 15 is 0 Å². The number of rotatable bonds is 9. The molecule has 0 radical (unpaired) electrons. The average molecular weight is 272 g/mol. The van der Waals surface area contributed by atoms with Crippen LogP contribution < -0.4 is 5.32 Å². The second-order valence-corrected chi connectivity index (χ2v) is 3.95. The molecular formula is C12H20N2O5. The minimum Gasteiger partial charge on any atom is -0.467 e. The molecule has 2 atom stereocenters. The summed E-state index contributed by atoms with van der Waals surface area (Å²) in [6.07, 6.45) is 0.143. The van der Waals surface area contributed by atoms with Gasteiger partial charge in [0.1, 0.15) is 12.6 Å². The number of amides is 1. The Morgan fingerprint density at radius 3 is 2.53 bits per heavy atom. The Bertz CT molecular complexity index is 327. The molecule has 0 saturated carbocycles. The second-order valence-electron chi connectivity index (χ2n) is 3.95. The van der Waals surface area contributed by atoms with Crippen LogP contribution in [-0.2, 0) is 23.8 Å². The minimum absolute atomic E-state index is 0.143. The number of hydrogen-bond acceptors (Lipinski definition) is 6. The third-order valence-corrected chi connectivity index (χ3v) is 2.42. The summed E-state index contributed by atoms with van der Waals surface area (Å²) in [5, 5.41) is 11.1. The lowest BCUT2D eigenvalue weighted by molar-refractivity contribution is -0.147. The maximum Gasteiger partial charge on any atom is 0.328 e. The highest BCUT2D eigenvalue weighted by Crippen LogP contribution is 2.09. The molecule has 0 saturated heterocycles. The van der Waals surface area contributed by atoms with Gasteiger partial charge in [0.15, 0.2) is 0 Å². The van der Waals surface area contributed by atoms with Gasteiger partial charge in [-0.1, -0.05) is 6.92 Å². The molecule has 1 amide bonds. The molecule has 1 N–H and O–H groups in total. The van der Waals surface area contributed by atoms with Crippen molar-refractivity contribution in [2.75, 3.05) is 34.0 Å². The van der Waals surface area contributed by atoms with Crippen LogP contribution >= 0.6 is 0 Å². The Labute approximate surface area is 112 Å². The van der Waals surface area contributed by atoms with Gasteiger partial charge in [-0.25, -0.2) is 4.79 Å². The molecule has 0 aromatic rings. The predicted molar refractivity (Wildman–Crippen MR) is 66.0 cm³/mol. The zero-order chi connectivity index (χ0) is 14.7. The summed E-state index contributed by atoms with van der Waals surface area (Å²) in [6, 6.07) is 1.11. The van der Waals surface area contributed by atoms with Gasteiger partial charge in [-0.05, 0) is 0 Å². The minimum atomic E-state index is -0.844. The highest BCUT2D eigenvalue weighted by molar-refractivity contribution is 5.85. The molecular weight excluding hydrogens is 252 g/mol. The van der Waals surface area contributed by atoms with E-state index in [4.69, 9.17) is 14.7 Å². The summed E-state index contributed by atoms with van der Waals surface area (Å²) in [4.78, 5) is 23.1. The Balaban J connectivity index is 4.28. The summed E-state index contributed by atoms with van der Waals surface area (Å²) in [6.45, 7) is 2.20. The lowest BCUT2D eigenvalue weighted by Crippen LogP contribution is -2.47. The van der Waals surface area contributed by atoms with Crippen LogP contribution in [0.5, 0.6) is 0 Å². The van der Waals surface area contributed by atoms with Gasteiger partial charge >= 0.3 is 5.97 Å². The van der Waals surface area contributed by atoms with Crippen LogP contribution in [0.15, 0.2) is 0 Å². The Kier molecular flexibility index (Phi) is 9.40. The molecule has 0 heterocycles. The van der Waals surface area contributed by atoms with Crippen LogP contribution in [0.4, 0.5) is 0 Å². The highest BCUT2D eigenvalue weighted by atomic mass is 16.5. The third-order valence-electron chi connectivity index (χ3n) is 2.42. The molecule has 7 heteroatoms. The van der Waals surface area contributed by atoms with Crippen molar-refractivity contribution in [1.29, 1.82) is 5.26 Å². The van der Waals surface area contributed by atoms with Gasteiger partial charge in [0.05, 0.1) is 26.4 Å². The number of methoxy groups -OCH3 is 2. The van der Waals surface area contributed by atoms with Crippen LogP contribution in [0.25, 0.3) is 0 Å². The van der Waals surface area contributed by atoms with Gasteiger partial charge in [0.2, 0.25) is 5.91 Å². The van der Waals surface area contributed by atoms with Crippen molar-refractivity contribution in [3.63, 3.8) is 0 Å². The van der Waals surface area contributed by atoms with Gasteiger partial charge in [0.25, 0.3) is 0 Å². The summed E-state index contributed by atoms with van der Waals surface area (Å²) in [5.74, 6) is -1.34. The van der Waals surface area contributed by atoms with E-state index in [9.17, 15) is 9.59 Å². The van der Waals surface area contributed by atoms with Crippen molar-refractivity contribution in [2.45, 2.75) is 19.4 Å². The van der Waals surface area contributed by atoms with Crippen molar-refractivity contribution in [2.24, 2.45) is 5.92 Å². The molecule has 0 aromatic heterocycles. The molecule has 108 valence electrons.